The highest BCUT2D eigenvalue weighted by molar-refractivity contribution is 7.99. The van der Waals surface area contributed by atoms with Crippen LogP contribution in [0.3, 0.4) is 0 Å². The second-order valence-corrected chi connectivity index (χ2v) is 9.32. The van der Waals surface area contributed by atoms with Crippen molar-refractivity contribution < 1.29 is 14.2 Å². The predicted octanol–water partition coefficient (Wildman–Crippen LogP) is 5.00. The van der Waals surface area contributed by atoms with Crippen LogP contribution in [0.4, 0.5) is 0 Å². The molecule has 2 aliphatic rings. The minimum absolute atomic E-state index is 0.266. The summed E-state index contributed by atoms with van der Waals surface area (Å²) in [6.07, 6.45) is 2.21. The summed E-state index contributed by atoms with van der Waals surface area (Å²) in [5.41, 5.74) is 0. The van der Waals surface area contributed by atoms with E-state index >= 15 is 0 Å². The Hall–Kier alpha value is -0.550. The highest BCUT2D eigenvalue weighted by atomic mass is 32.2. The van der Waals surface area contributed by atoms with Crippen molar-refractivity contribution in [3.8, 4) is 0 Å². The minimum atomic E-state index is -0.459. The summed E-state index contributed by atoms with van der Waals surface area (Å²) in [5.74, 6) is 2.11. The summed E-state index contributed by atoms with van der Waals surface area (Å²) in [5, 5.41) is 0. The minimum Gasteiger partial charge on any atom is -0.368 e. The Balaban J connectivity index is 1.44. The van der Waals surface area contributed by atoms with Crippen molar-refractivity contribution in [2.75, 3.05) is 12.4 Å². The molecule has 1 aromatic carbocycles. The zero-order valence-corrected chi connectivity index (χ0v) is 16.9. The standard InChI is InChI=1S/C21H32O3S/c1-14(19-16(3)12-22-21(4,5)24-19)11-15(2)20-18(23-20)13-25-17-9-7-6-8-10-17/h6-10,14-16,18-20H,11-13H2,1-5H3/t14-,15-,16-,18-,19+,20-/m1/s1. The van der Waals surface area contributed by atoms with E-state index in [2.05, 4.69) is 51.1 Å². The van der Waals surface area contributed by atoms with Crippen LogP contribution >= 0.6 is 11.8 Å². The van der Waals surface area contributed by atoms with E-state index in [0.29, 0.717) is 30.0 Å². The molecule has 25 heavy (non-hydrogen) atoms. The summed E-state index contributed by atoms with van der Waals surface area (Å²) < 4.78 is 17.9. The third-order valence-corrected chi connectivity index (χ3v) is 6.42. The van der Waals surface area contributed by atoms with Crippen molar-refractivity contribution in [2.45, 2.75) is 70.0 Å². The maximum Gasteiger partial charge on any atom is 0.163 e. The van der Waals surface area contributed by atoms with E-state index in [1.807, 2.05) is 25.6 Å². The average Bonchev–Trinajstić information content (AvgIpc) is 3.36. The van der Waals surface area contributed by atoms with Gasteiger partial charge in [0, 0.05) is 16.6 Å². The van der Waals surface area contributed by atoms with Crippen molar-refractivity contribution in [3.63, 3.8) is 0 Å². The van der Waals surface area contributed by atoms with Crippen LogP contribution in [0, 0.1) is 17.8 Å². The number of hydrogen-bond donors (Lipinski definition) is 0. The highest BCUT2D eigenvalue weighted by Crippen LogP contribution is 2.39. The molecular formula is C21H32O3S. The van der Waals surface area contributed by atoms with Crippen molar-refractivity contribution in [1.29, 1.82) is 0 Å². The largest absolute Gasteiger partial charge is 0.368 e. The topological polar surface area (TPSA) is 31.0 Å². The van der Waals surface area contributed by atoms with E-state index in [4.69, 9.17) is 14.2 Å². The van der Waals surface area contributed by atoms with Gasteiger partial charge in [0.15, 0.2) is 5.79 Å². The summed E-state index contributed by atoms with van der Waals surface area (Å²) in [6.45, 7) is 11.7. The van der Waals surface area contributed by atoms with E-state index < -0.39 is 5.79 Å². The van der Waals surface area contributed by atoms with E-state index in [0.717, 1.165) is 18.8 Å². The van der Waals surface area contributed by atoms with Crippen LogP contribution in [-0.4, -0.2) is 36.5 Å². The molecule has 0 aromatic heterocycles. The van der Waals surface area contributed by atoms with Gasteiger partial charge in [-0.15, -0.1) is 11.8 Å². The van der Waals surface area contributed by atoms with Gasteiger partial charge < -0.3 is 14.2 Å². The van der Waals surface area contributed by atoms with E-state index in [9.17, 15) is 0 Å². The van der Waals surface area contributed by atoms with Crippen LogP contribution < -0.4 is 0 Å². The molecule has 0 saturated carbocycles. The first-order valence-electron chi connectivity index (χ1n) is 9.51. The number of ether oxygens (including phenoxy) is 3. The quantitative estimate of drug-likeness (QED) is 0.503. The van der Waals surface area contributed by atoms with Crippen molar-refractivity contribution in [1.82, 2.24) is 0 Å². The number of benzene rings is 1. The van der Waals surface area contributed by atoms with Gasteiger partial charge in [0.1, 0.15) is 0 Å². The normalized spacial score (nSPS) is 33.6. The van der Waals surface area contributed by atoms with Gasteiger partial charge in [-0.25, -0.2) is 0 Å². The first-order valence-corrected chi connectivity index (χ1v) is 10.5. The Morgan fingerprint density at radius 2 is 1.80 bits per heavy atom. The molecule has 0 N–H and O–H groups in total. The SMILES string of the molecule is C[C@@H]1COC(C)(C)O[C@H]1[C@H](C)C[C@@H](C)[C@H]1O[C@@H]1CSc1ccccc1. The molecule has 0 unspecified atom stereocenters. The summed E-state index contributed by atoms with van der Waals surface area (Å²) in [4.78, 5) is 1.32. The summed E-state index contributed by atoms with van der Waals surface area (Å²) in [6, 6.07) is 10.6. The molecule has 0 bridgehead atoms. The van der Waals surface area contributed by atoms with Gasteiger partial charge in [-0.05, 0) is 44.2 Å². The molecule has 0 aliphatic carbocycles. The Labute approximate surface area is 156 Å². The van der Waals surface area contributed by atoms with Gasteiger partial charge >= 0.3 is 0 Å². The molecule has 2 aliphatic heterocycles. The maximum absolute atomic E-state index is 6.21. The van der Waals surface area contributed by atoms with Gasteiger partial charge in [0.05, 0.1) is 24.9 Å². The monoisotopic (exact) mass is 364 g/mol. The number of rotatable bonds is 7. The second-order valence-electron chi connectivity index (χ2n) is 8.22. The van der Waals surface area contributed by atoms with Crippen LogP contribution in [0.1, 0.15) is 41.0 Å². The maximum atomic E-state index is 6.21. The Morgan fingerprint density at radius 1 is 1.12 bits per heavy atom. The lowest BCUT2D eigenvalue weighted by Crippen LogP contribution is -2.47. The number of thioether (sulfide) groups is 1. The van der Waals surface area contributed by atoms with Gasteiger partial charge in [-0.2, -0.15) is 0 Å². The molecule has 0 amide bonds. The molecule has 1 aromatic rings. The Bertz CT molecular complexity index is 547. The van der Waals surface area contributed by atoms with Gasteiger partial charge in [-0.3, -0.25) is 0 Å². The van der Waals surface area contributed by atoms with E-state index in [1.165, 1.54) is 4.90 Å². The molecule has 140 valence electrons. The van der Waals surface area contributed by atoms with Crippen LogP contribution in [0.15, 0.2) is 35.2 Å². The molecule has 0 spiro atoms. The molecule has 2 saturated heterocycles. The predicted molar refractivity (Wildman–Crippen MR) is 103 cm³/mol. The fourth-order valence-electron chi connectivity index (χ4n) is 3.92. The summed E-state index contributed by atoms with van der Waals surface area (Å²) in [7, 11) is 0. The van der Waals surface area contributed by atoms with E-state index in [1.54, 1.807) is 0 Å². The molecule has 2 fully saturated rings. The smallest absolute Gasteiger partial charge is 0.163 e. The highest BCUT2D eigenvalue weighted by Gasteiger charge is 2.44. The third kappa shape index (κ3) is 5.22. The molecular weight excluding hydrogens is 332 g/mol. The fraction of sp³-hybridized carbons (Fsp3) is 0.714. The van der Waals surface area contributed by atoms with Crippen LogP contribution in [0.2, 0.25) is 0 Å². The first kappa shape index (κ1) is 19.2. The second kappa shape index (κ2) is 7.99. The average molecular weight is 365 g/mol. The van der Waals surface area contributed by atoms with Crippen LogP contribution in [-0.2, 0) is 14.2 Å². The third-order valence-electron chi connectivity index (χ3n) is 5.32. The van der Waals surface area contributed by atoms with Crippen LogP contribution in [0.5, 0.6) is 0 Å². The lowest BCUT2D eigenvalue weighted by Gasteiger charge is -2.43. The lowest BCUT2D eigenvalue weighted by atomic mass is 9.84. The van der Waals surface area contributed by atoms with E-state index in [-0.39, 0.29) is 6.10 Å². The molecule has 3 nitrogen and oxygen atoms in total. The molecule has 3 rings (SSSR count). The Kier molecular flexibility index (Phi) is 6.15. The first-order chi connectivity index (χ1) is 11.9. The molecule has 6 atom stereocenters. The van der Waals surface area contributed by atoms with Crippen molar-refractivity contribution >= 4 is 11.8 Å². The van der Waals surface area contributed by atoms with Crippen LogP contribution in [0.25, 0.3) is 0 Å². The lowest BCUT2D eigenvalue weighted by molar-refractivity contribution is -0.300. The van der Waals surface area contributed by atoms with Gasteiger partial charge in [0.2, 0.25) is 0 Å². The van der Waals surface area contributed by atoms with Gasteiger partial charge in [-0.1, -0.05) is 39.0 Å². The number of hydrogen-bond acceptors (Lipinski definition) is 4. The van der Waals surface area contributed by atoms with Gasteiger partial charge in [0.25, 0.3) is 0 Å². The zero-order chi connectivity index (χ0) is 18.0. The zero-order valence-electron chi connectivity index (χ0n) is 16.1. The Morgan fingerprint density at radius 3 is 2.52 bits per heavy atom. The summed E-state index contributed by atoms with van der Waals surface area (Å²) >= 11 is 1.89. The molecule has 4 heteroatoms. The van der Waals surface area contributed by atoms with Crippen molar-refractivity contribution in [3.05, 3.63) is 30.3 Å². The molecule has 2 heterocycles. The molecule has 0 radical (unpaired) electrons. The van der Waals surface area contributed by atoms with Crippen molar-refractivity contribution in [2.24, 2.45) is 17.8 Å². The number of epoxide rings is 1. The fourth-order valence-corrected chi connectivity index (χ4v) is 4.90.